The molecular weight excluding hydrogens is 266 g/mol. The van der Waals surface area contributed by atoms with Crippen LogP contribution in [-0.4, -0.2) is 37.4 Å². The summed E-state index contributed by atoms with van der Waals surface area (Å²) in [6.45, 7) is 1.94. The van der Waals surface area contributed by atoms with Crippen LogP contribution >= 0.6 is 0 Å². The van der Waals surface area contributed by atoms with Crippen LogP contribution in [0.4, 0.5) is 5.82 Å². The van der Waals surface area contributed by atoms with Crippen molar-refractivity contribution < 1.29 is 0 Å². The van der Waals surface area contributed by atoms with E-state index in [1.165, 1.54) is 0 Å². The zero-order valence-corrected chi connectivity index (χ0v) is 11.8. The van der Waals surface area contributed by atoms with Crippen molar-refractivity contribution in [3.05, 3.63) is 43.1 Å². The molecule has 3 rings (SSSR count). The van der Waals surface area contributed by atoms with E-state index in [2.05, 4.69) is 30.5 Å². The summed E-state index contributed by atoms with van der Waals surface area (Å²) >= 11 is 0. The summed E-state index contributed by atoms with van der Waals surface area (Å²) in [7, 11) is 1.73. The number of imidazole rings is 1. The van der Waals surface area contributed by atoms with E-state index < -0.39 is 0 Å². The predicted octanol–water partition coefficient (Wildman–Crippen LogP) is 2.14. The van der Waals surface area contributed by atoms with Crippen LogP contribution in [-0.2, 0) is 0 Å². The van der Waals surface area contributed by atoms with Gasteiger partial charge in [0.05, 0.1) is 18.1 Å². The molecule has 0 fully saturated rings. The van der Waals surface area contributed by atoms with E-state index in [9.17, 15) is 0 Å². The van der Waals surface area contributed by atoms with E-state index in [1.54, 1.807) is 25.6 Å². The topological polar surface area (TPSA) is 83.3 Å². The van der Waals surface area contributed by atoms with Crippen LogP contribution < -0.4 is 5.32 Å². The Morgan fingerprint density at radius 3 is 3.00 bits per heavy atom. The van der Waals surface area contributed by atoms with Crippen LogP contribution in [0, 0.1) is 0 Å². The molecule has 0 radical (unpaired) electrons. The Labute approximate surface area is 121 Å². The Morgan fingerprint density at radius 2 is 2.29 bits per heavy atom. The number of rotatable bonds is 3. The molecule has 3 aromatic heterocycles. The van der Waals surface area contributed by atoms with Gasteiger partial charge in [-0.3, -0.25) is 14.5 Å². The highest BCUT2D eigenvalue weighted by atomic mass is 15.1. The maximum atomic E-state index is 4.44. The van der Waals surface area contributed by atoms with Gasteiger partial charge < -0.3 is 5.32 Å². The lowest BCUT2D eigenvalue weighted by Crippen LogP contribution is -2.11. The number of hydrogen-bond acceptors (Lipinski definition) is 4. The average Bonchev–Trinajstić information content (AvgIpc) is 3.15. The summed E-state index contributed by atoms with van der Waals surface area (Å²) in [6, 6.07) is 0. The van der Waals surface area contributed by atoms with Gasteiger partial charge >= 0.3 is 0 Å². The van der Waals surface area contributed by atoms with Gasteiger partial charge in [0.1, 0.15) is 5.84 Å². The summed E-state index contributed by atoms with van der Waals surface area (Å²) < 4.78 is 1.96. The highest BCUT2D eigenvalue weighted by Gasteiger charge is 2.11. The Balaban J connectivity index is 2.06. The first kappa shape index (κ1) is 13.0. The van der Waals surface area contributed by atoms with Crippen molar-refractivity contribution in [2.45, 2.75) is 6.92 Å². The largest absolute Gasteiger partial charge is 0.322 e. The molecule has 7 heteroatoms. The molecule has 0 amide bonds. The van der Waals surface area contributed by atoms with Crippen LogP contribution in [0.25, 0.3) is 16.9 Å². The zero-order valence-electron chi connectivity index (χ0n) is 11.8. The van der Waals surface area contributed by atoms with Gasteiger partial charge in [-0.15, -0.1) is 0 Å². The lowest BCUT2D eigenvalue weighted by Gasteiger charge is -2.06. The number of nitrogens with one attached hydrogen (secondary N) is 2. The number of fused-ring (bicyclic) bond motifs is 1. The molecule has 0 aliphatic heterocycles. The maximum absolute atomic E-state index is 4.44. The van der Waals surface area contributed by atoms with Gasteiger partial charge in [0, 0.05) is 31.2 Å². The SMILES string of the molecule is C/C=C\C(=NC)Nc1nccn2c(-c3cn[nH]c3)cnc12. The monoisotopic (exact) mass is 281 g/mol. The molecule has 2 N–H and O–H groups in total. The van der Waals surface area contributed by atoms with Crippen molar-refractivity contribution in [3.63, 3.8) is 0 Å². The first-order chi connectivity index (χ1) is 10.3. The van der Waals surface area contributed by atoms with Crippen molar-refractivity contribution in [3.8, 4) is 11.3 Å². The molecule has 0 bridgehead atoms. The third-order valence-corrected chi connectivity index (χ3v) is 3.03. The first-order valence-corrected chi connectivity index (χ1v) is 6.51. The number of anilines is 1. The number of amidine groups is 1. The predicted molar refractivity (Wildman–Crippen MR) is 82.4 cm³/mol. The molecule has 7 nitrogen and oxygen atoms in total. The number of allylic oxidation sites excluding steroid dienone is 1. The minimum absolute atomic E-state index is 0.658. The molecular formula is C14H15N7. The van der Waals surface area contributed by atoms with Crippen molar-refractivity contribution in [1.29, 1.82) is 0 Å². The van der Waals surface area contributed by atoms with Crippen LogP contribution in [0.15, 0.2) is 48.1 Å². The second-order valence-corrected chi connectivity index (χ2v) is 4.33. The normalized spacial score (nSPS) is 12.4. The van der Waals surface area contributed by atoms with E-state index in [-0.39, 0.29) is 0 Å². The Kier molecular flexibility index (Phi) is 3.46. The molecule has 0 aromatic carbocycles. The zero-order chi connectivity index (χ0) is 14.7. The summed E-state index contributed by atoms with van der Waals surface area (Å²) in [5.41, 5.74) is 2.65. The molecule has 0 aliphatic carbocycles. The summed E-state index contributed by atoms with van der Waals surface area (Å²) in [5, 5.41) is 9.95. The van der Waals surface area contributed by atoms with E-state index >= 15 is 0 Å². The second kappa shape index (κ2) is 5.58. The molecule has 0 spiro atoms. The van der Waals surface area contributed by atoms with Gasteiger partial charge in [-0.25, -0.2) is 9.97 Å². The summed E-state index contributed by atoms with van der Waals surface area (Å²) in [5.74, 6) is 1.39. The Hall–Kier alpha value is -2.96. The Morgan fingerprint density at radius 1 is 1.38 bits per heavy atom. The molecule has 106 valence electrons. The van der Waals surface area contributed by atoms with Crippen molar-refractivity contribution in [1.82, 2.24) is 24.6 Å². The van der Waals surface area contributed by atoms with Gasteiger partial charge in [-0.2, -0.15) is 5.10 Å². The summed E-state index contributed by atoms with van der Waals surface area (Å²) in [4.78, 5) is 12.9. The number of aliphatic imine (C=N–C) groups is 1. The fourth-order valence-corrected chi connectivity index (χ4v) is 2.06. The van der Waals surface area contributed by atoms with Crippen molar-refractivity contribution in [2.24, 2.45) is 4.99 Å². The van der Waals surface area contributed by atoms with Gasteiger partial charge in [0.15, 0.2) is 11.5 Å². The third kappa shape index (κ3) is 2.40. The first-order valence-electron chi connectivity index (χ1n) is 6.51. The van der Waals surface area contributed by atoms with Gasteiger partial charge in [-0.1, -0.05) is 6.08 Å². The van der Waals surface area contributed by atoms with Crippen LogP contribution in [0.3, 0.4) is 0 Å². The third-order valence-electron chi connectivity index (χ3n) is 3.03. The number of hydrogen-bond donors (Lipinski definition) is 2. The number of aromatic amines is 1. The smallest absolute Gasteiger partial charge is 0.180 e. The Bertz CT molecular complexity index is 796. The fourth-order valence-electron chi connectivity index (χ4n) is 2.06. The number of H-pyrrole nitrogens is 1. The molecule has 0 saturated heterocycles. The lowest BCUT2D eigenvalue weighted by atomic mass is 10.3. The molecule has 0 aliphatic rings. The van der Waals surface area contributed by atoms with Gasteiger partial charge in [0.25, 0.3) is 0 Å². The lowest BCUT2D eigenvalue weighted by molar-refractivity contribution is 1.09. The average molecular weight is 281 g/mol. The quantitative estimate of drug-likeness (QED) is 0.569. The van der Waals surface area contributed by atoms with Crippen molar-refractivity contribution in [2.75, 3.05) is 12.4 Å². The van der Waals surface area contributed by atoms with E-state index in [0.29, 0.717) is 5.82 Å². The minimum Gasteiger partial charge on any atom is -0.322 e. The van der Waals surface area contributed by atoms with Crippen LogP contribution in [0.2, 0.25) is 0 Å². The molecule has 0 atom stereocenters. The highest BCUT2D eigenvalue weighted by molar-refractivity contribution is 6.04. The van der Waals surface area contributed by atoms with Crippen LogP contribution in [0.5, 0.6) is 0 Å². The van der Waals surface area contributed by atoms with Gasteiger partial charge in [-0.05, 0) is 13.0 Å². The fraction of sp³-hybridized carbons (Fsp3) is 0.143. The minimum atomic E-state index is 0.658. The molecule has 0 unspecified atom stereocenters. The van der Waals surface area contributed by atoms with Gasteiger partial charge in [0.2, 0.25) is 0 Å². The van der Waals surface area contributed by atoms with E-state index in [4.69, 9.17) is 0 Å². The molecule has 21 heavy (non-hydrogen) atoms. The molecule has 3 heterocycles. The number of nitrogens with zero attached hydrogens (tertiary/aromatic N) is 5. The standard InChI is InChI=1S/C14H15N7/c1-3-4-12(15-2)20-13-14-17-9-11(10-7-18-19-8-10)21(14)6-5-16-13/h3-9H,1-2H3,(H,18,19)(H,15,16,20)/b4-3-. The van der Waals surface area contributed by atoms with Crippen molar-refractivity contribution >= 4 is 17.3 Å². The number of aromatic nitrogens is 5. The van der Waals surface area contributed by atoms with E-state index in [0.717, 1.165) is 22.7 Å². The molecule has 0 saturated carbocycles. The van der Waals surface area contributed by atoms with E-state index in [1.807, 2.05) is 35.9 Å². The maximum Gasteiger partial charge on any atom is 0.180 e. The summed E-state index contributed by atoms with van der Waals surface area (Å²) in [6.07, 6.45) is 12.8. The molecule has 3 aromatic rings. The highest BCUT2D eigenvalue weighted by Crippen LogP contribution is 2.22. The second-order valence-electron chi connectivity index (χ2n) is 4.33. The van der Waals surface area contributed by atoms with Crippen LogP contribution in [0.1, 0.15) is 6.92 Å².